The van der Waals surface area contributed by atoms with Crippen LogP contribution in [0.1, 0.15) is 0 Å². The zero-order chi connectivity index (χ0) is 12.0. The molecule has 0 atom stereocenters. The molecule has 0 saturated heterocycles. The summed E-state index contributed by atoms with van der Waals surface area (Å²) in [6.07, 6.45) is 6.51. The van der Waals surface area contributed by atoms with Crippen LogP contribution in [-0.2, 0) is 38.9 Å². The summed E-state index contributed by atoms with van der Waals surface area (Å²) in [4.78, 5) is 10.1. The quantitative estimate of drug-likeness (QED) is 0.557. The molecular formula is C9H5O5Tc. The first-order valence-corrected chi connectivity index (χ1v) is 2.87. The average Bonchev–Trinajstić information content (AvgIpc) is 2.80. The Hall–Kier alpha value is -0.661. The predicted octanol–water partition coefficient (Wildman–Crippen LogP) is 0.361. The molecule has 1 saturated carbocycles. The van der Waals surface area contributed by atoms with Gasteiger partial charge in [0.2, 0.25) is 0 Å². The minimum absolute atomic E-state index is 0. The van der Waals surface area contributed by atoms with Gasteiger partial charge in [-0.25, -0.2) is 0 Å². The standard InChI is InChI=1S/C6H5O2.3CO.Tc/c7-6(8)5-3-1-2-4-5;3*1-2;/h1-4H,(H,7,8);;;;/i;;;;1+1. The van der Waals surface area contributed by atoms with E-state index in [1.807, 2.05) is 0 Å². The summed E-state index contributed by atoms with van der Waals surface area (Å²) in [5, 5.41) is 8.27. The van der Waals surface area contributed by atoms with Crippen molar-refractivity contribution in [1.29, 1.82) is 0 Å². The number of hydrogen-bond donors (Lipinski definition) is 1. The summed E-state index contributed by atoms with van der Waals surface area (Å²) in [7, 11) is 0. The van der Waals surface area contributed by atoms with E-state index in [-0.39, 0.29) is 20.1 Å². The Kier molecular flexibility index (Phi) is 37.1. The van der Waals surface area contributed by atoms with E-state index in [9.17, 15) is 4.79 Å². The van der Waals surface area contributed by atoms with Gasteiger partial charge in [-0.15, -0.1) is 0 Å². The molecule has 15 heavy (non-hydrogen) atoms. The molecule has 0 aromatic heterocycles. The summed E-state index contributed by atoms with van der Waals surface area (Å²) in [5.74, 6) is -0.514. The Morgan fingerprint density at radius 1 is 1.00 bits per heavy atom. The van der Waals surface area contributed by atoms with Crippen molar-refractivity contribution in [3.05, 3.63) is 51.6 Å². The number of carboxylic acid groups (broad SMARTS) is 1. The van der Waals surface area contributed by atoms with Crippen LogP contribution in [0.3, 0.4) is 0 Å². The van der Waals surface area contributed by atoms with Crippen molar-refractivity contribution in [3.63, 3.8) is 0 Å². The van der Waals surface area contributed by atoms with Crippen LogP contribution >= 0.6 is 0 Å². The Balaban J connectivity index is -0.0000000755. The van der Waals surface area contributed by atoms with Crippen molar-refractivity contribution >= 4 is 5.97 Å². The van der Waals surface area contributed by atoms with E-state index in [1.165, 1.54) is 0 Å². The summed E-state index contributed by atoms with van der Waals surface area (Å²) in [6, 6.07) is 0. The molecule has 1 fully saturated rings. The molecule has 1 aliphatic rings. The molecule has 0 aromatic rings. The predicted molar refractivity (Wildman–Crippen MR) is 39.9 cm³/mol. The van der Waals surface area contributed by atoms with Gasteiger partial charge >= 0.3 is 39.9 Å². The van der Waals surface area contributed by atoms with Crippen LogP contribution < -0.4 is 0 Å². The van der Waals surface area contributed by atoms with Gasteiger partial charge < -0.3 is 5.11 Å². The summed E-state index contributed by atoms with van der Waals surface area (Å²) >= 11 is 0. The van der Waals surface area contributed by atoms with Crippen molar-refractivity contribution < 1.29 is 44.0 Å². The zero-order valence-corrected chi connectivity index (χ0v) is 9.13. The van der Waals surface area contributed by atoms with Gasteiger partial charge in [-0.3, -0.25) is 4.79 Å². The minimum atomic E-state index is -0.866. The van der Waals surface area contributed by atoms with Crippen molar-refractivity contribution in [3.8, 4) is 0 Å². The zero-order valence-electron chi connectivity index (χ0n) is 7.27. The maximum atomic E-state index is 10.1. The molecule has 5 nitrogen and oxygen atoms in total. The molecule has 0 heterocycles. The molecule has 0 unspecified atom stereocenters. The van der Waals surface area contributed by atoms with Crippen LogP contribution in [0.25, 0.3) is 0 Å². The van der Waals surface area contributed by atoms with Gasteiger partial charge in [0, 0.05) is 20.1 Å². The van der Waals surface area contributed by atoms with E-state index < -0.39 is 5.97 Å². The topological polar surface area (TPSA) is 97.0 Å². The van der Waals surface area contributed by atoms with Gasteiger partial charge in [0.05, 0.1) is 5.92 Å². The Morgan fingerprint density at radius 3 is 1.40 bits per heavy atom. The molecule has 6 heteroatoms. The monoisotopic (exact) mass is 292 g/mol. The molecule has 0 aromatic carbocycles. The van der Waals surface area contributed by atoms with E-state index in [4.69, 9.17) is 19.1 Å². The van der Waals surface area contributed by atoms with E-state index in [1.54, 1.807) is 25.7 Å². The van der Waals surface area contributed by atoms with E-state index in [2.05, 4.69) is 20.0 Å². The molecule has 1 N–H and O–H groups in total. The van der Waals surface area contributed by atoms with Gasteiger partial charge in [0.1, 0.15) is 0 Å². The van der Waals surface area contributed by atoms with Crippen LogP contribution in [0.5, 0.6) is 0 Å². The number of carboxylic acids is 1. The third-order valence-corrected chi connectivity index (χ3v) is 0.910. The summed E-state index contributed by atoms with van der Waals surface area (Å²) in [6.45, 7) is 13.5. The fourth-order valence-electron chi connectivity index (χ4n) is 0.517. The Bertz CT molecular complexity index is 176. The van der Waals surface area contributed by atoms with E-state index >= 15 is 0 Å². The first-order valence-electron chi connectivity index (χ1n) is 2.87. The third-order valence-electron chi connectivity index (χ3n) is 0.910. The molecule has 1 aliphatic carbocycles. The number of hydrogen-bond acceptors (Lipinski definition) is 1. The molecule has 1 rings (SSSR count). The second-order valence-corrected chi connectivity index (χ2v) is 1.48. The van der Waals surface area contributed by atoms with Gasteiger partial charge in [0.25, 0.3) is 0 Å². The van der Waals surface area contributed by atoms with Crippen LogP contribution in [0.4, 0.5) is 0 Å². The number of carbonyl (C=O) groups is 1. The second-order valence-electron chi connectivity index (χ2n) is 1.48. The molecule has 0 bridgehead atoms. The fraction of sp³-hybridized carbons (Fsp3) is 0. The van der Waals surface area contributed by atoms with Crippen LogP contribution in [0, 0.1) is 51.6 Å². The van der Waals surface area contributed by atoms with Crippen LogP contribution in [0.2, 0.25) is 0 Å². The fourth-order valence-corrected chi connectivity index (χ4v) is 0.517. The molecule has 0 aliphatic heterocycles. The third kappa shape index (κ3) is 16.0. The SMILES string of the molecule is O=C(O)[C]1[CH][CH][CH][CH]1.[99Tc].[C-]#[O+].[C-]#[O+].[C-]#[O+]. The van der Waals surface area contributed by atoms with Crippen molar-refractivity contribution in [2.45, 2.75) is 0 Å². The maximum absolute atomic E-state index is 10.1. The van der Waals surface area contributed by atoms with E-state index in [0.717, 1.165) is 0 Å². The first kappa shape index (κ1) is 23.9. The van der Waals surface area contributed by atoms with Gasteiger partial charge in [-0.2, -0.15) is 0 Å². The number of rotatable bonds is 1. The van der Waals surface area contributed by atoms with Crippen molar-refractivity contribution in [2.75, 3.05) is 0 Å². The normalized spacial score (nSPS) is 11.9. The molecule has 78 valence electrons. The van der Waals surface area contributed by atoms with Crippen LogP contribution in [-0.4, -0.2) is 11.1 Å². The van der Waals surface area contributed by atoms with Gasteiger partial charge in [-0.1, -0.05) is 0 Å². The summed E-state index contributed by atoms with van der Waals surface area (Å²) in [5.41, 5.74) is 0. The average molecular weight is 292 g/mol. The number of aliphatic carboxylic acids is 1. The van der Waals surface area contributed by atoms with Gasteiger partial charge in [0.15, 0.2) is 0 Å². The summed E-state index contributed by atoms with van der Waals surface area (Å²) < 4.78 is 22.5. The van der Waals surface area contributed by atoms with Crippen molar-refractivity contribution in [1.82, 2.24) is 0 Å². The van der Waals surface area contributed by atoms with Crippen molar-refractivity contribution in [2.24, 2.45) is 0 Å². The van der Waals surface area contributed by atoms with Crippen LogP contribution in [0.15, 0.2) is 0 Å². The Morgan fingerprint density at radius 2 is 1.27 bits per heavy atom. The first-order chi connectivity index (χ1) is 6.80. The molecule has 0 spiro atoms. The molecule has 0 amide bonds. The van der Waals surface area contributed by atoms with Gasteiger partial charge in [-0.05, 0) is 25.7 Å². The molecule has 6 radical (unpaired) electrons. The van der Waals surface area contributed by atoms with E-state index in [0.29, 0.717) is 5.92 Å². The second kappa shape index (κ2) is 23.3. The Labute approximate surface area is 102 Å². The molecular weight excluding hydrogens is 287 g/mol.